The van der Waals surface area contributed by atoms with Crippen LogP contribution in [0.2, 0.25) is 0 Å². The molecule has 0 spiro atoms. The summed E-state index contributed by atoms with van der Waals surface area (Å²) >= 11 is 0. The second-order valence-corrected chi connectivity index (χ2v) is 6.99. The van der Waals surface area contributed by atoms with Gasteiger partial charge in [-0.05, 0) is 62.0 Å². The molecule has 0 bridgehead atoms. The van der Waals surface area contributed by atoms with Crippen molar-refractivity contribution >= 4 is 5.69 Å². The number of benzene rings is 2. The van der Waals surface area contributed by atoms with Gasteiger partial charge in [-0.3, -0.25) is 4.90 Å². The standard InChI is InChI=1S/C21H28N2/c1-17-3-5-19(6-4-17)15-22-21-9-7-20(8-10-21)16-23-13-11-18(2)12-14-23/h3-10,18,22H,11-16H2,1-2H3. The minimum absolute atomic E-state index is 0.879. The van der Waals surface area contributed by atoms with Crippen molar-refractivity contribution in [2.45, 2.75) is 39.8 Å². The Kier molecular flexibility index (Phi) is 5.35. The topological polar surface area (TPSA) is 15.3 Å². The first kappa shape index (κ1) is 16.1. The van der Waals surface area contributed by atoms with Gasteiger partial charge < -0.3 is 5.32 Å². The van der Waals surface area contributed by atoms with Crippen molar-refractivity contribution in [1.29, 1.82) is 0 Å². The van der Waals surface area contributed by atoms with Gasteiger partial charge in [-0.25, -0.2) is 0 Å². The third kappa shape index (κ3) is 4.84. The summed E-state index contributed by atoms with van der Waals surface area (Å²) in [6.45, 7) is 8.95. The molecule has 2 heteroatoms. The van der Waals surface area contributed by atoms with Gasteiger partial charge in [-0.2, -0.15) is 0 Å². The van der Waals surface area contributed by atoms with Gasteiger partial charge in [0.2, 0.25) is 0 Å². The Morgan fingerprint density at radius 3 is 2.17 bits per heavy atom. The first-order valence-corrected chi connectivity index (χ1v) is 8.80. The van der Waals surface area contributed by atoms with Gasteiger partial charge >= 0.3 is 0 Å². The van der Waals surface area contributed by atoms with E-state index in [1.54, 1.807) is 0 Å². The smallest absolute Gasteiger partial charge is 0.0400 e. The first-order valence-electron chi connectivity index (χ1n) is 8.80. The van der Waals surface area contributed by atoms with E-state index in [1.165, 1.54) is 48.3 Å². The average Bonchev–Trinajstić information content (AvgIpc) is 2.58. The molecule has 0 unspecified atom stereocenters. The normalized spacial score (nSPS) is 16.4. The molecule has 122 valence electrons. The predicted octanol–water partition coefficient (Wildman–Crippen LogP) is 4.84. The van der Waals surface area contributed by atoms with Crippen LogP contribution in [0.5, 0.6) is 0 Å². The highest BCUT2D eigenvalue weighted by molar-refractivity contribution is 5.45. The summed E-state index contributed by atoms with van der Waals surface area (Å²) in [6, 6.07) is 17.6. The van der Waals surface area contributed by atoms with Gasteiger partial charge in [0, 0.05) is 18.8 Å². The van der Waals surface area contributed by atoms with Gasteiger partial charge in [-0.1, -0.05) is 48.9 Å². The van der Waals surface area contributed by atoms with E-state index < -0.39 is 0 Å². The summed E-state index contributed by atoms with van der Waals surface area (Å²) in [5, 5.41) is 3.50. The number of aryl methyl sites for hydroxylation is 1. The van der Waals surface area contributed by atoms with Crippen LogP contribution in [-0.2, 0) is 13.1 Å². The van der Waals surface area contributed by atoms with E-state index in [2.05, 4.69) is 72.6 Å². The monoisotopic (exact) mass is 308 g/mol. The quantitative estimate of drug-likeness (QED) is 0.850. The zero-order valence-corrected chi connectivity index (χ0v) is 14.4. The van der Waals surface area contributed by atoms with Crippen LogP contribution in [0.25, 0.3) is 0 Å². The Morgan fingerprint density at radius 1 is 0.913 bits per heavy atom. The molecule has 1 heterocycles. The molecule has 23 heavy (non-hydrogen) atoms. The molecule has 2 aromatic rings. The second-order valence-electron chi connectivity index (χ2n) is 6.99. The second kappa shape index (κ2) is 7.65. The maximum absolute atomic E-state index is 3.50. The number of hydrogen-bond acceptors (Lipinski definition) is 2. The molecule has 0 radical (unpaired) electrons. The highest BCUT2D eigenvalue weighted by Gasteiger charge is 2.15. The highest BCUT2D eigenvalue weighted by atomic mass is 15.1. The van der Waals surface area contributed by atoms with Crippen LogP contribution in [0.3, 0.4) is 0 Å². The molecule has 1 fully saturated rings. The third-order valence-corrected chi connectivity index (χ3v) is 4.85. The van der Waals surface area contributed by atoms with Gasteiger partial charge in [0.25, 0.3) is 0 Å². The molecule has 2 nitrogen and oxygen atoms in total. The van der Waals surface area contributed by atoms with E-state index in [1.807, 2.05) is 0 Å². The number of piperidine rings is 1. The number of hydrogen-bond donors (Lipinski definition) is 1. The SMILES string of the molecule is Cc1ccc(CNc2ccc(CN3CCC(C)CC3)cc2)cc1. The molecule has 1 aliphatic rings. The zero-order valence-electron chi connectivity index (χ0n) is 14.4. The molecule has 0 aliphatic carbocycles. The molecular formula is C21H28N2. The summed E-state index contributed by atoms with van der Waals surface area (Å²) in [7, 11) is 0. The number of anilines is 1. The highest BCUT2D eigenvalue weighted by Crippen LogP contribution is 2.19. The van der Waals surface area contributed by atoms with Crippen molar-refractivity contribution in [3.8, 4) is 0 Å². The third-order valence-electron chi connectivity index (χ3n) is 4.85. The zero-order chi connectivity index (χ0) is 16.1. The molecule has 1 N–H and O–H groups in total. The van der Waals surface area contributed by atoms with Crippen molar-refractivity contribution in [1.82, 2.24) is 4.90 Å². The number of nitrogens with zero attached hydrogens (tertiary/aromatic N) is 1. The Balaban J connectivity index is 1.49. The maximum atomic E-state index is 3.50. The molecule has 0 amide bonds. The lowest BCUT2D eigenvalue weighted by Gasteiger charge is -2.30. The van der Waals surface area contributed by atoms with Crippen LogP contribution in [0, 0.1) is 12.8 Å². The number of likely N-dealkylation sites (tertiary alicyclic amines) is 1. The van der Waals surface area contributed by atoms with Crippen molar-refractivity contribution in [2.24, 2.45) is 5.92 Å². The first-order chi connectivity index (χ1) is 11.2. The van der Waals surface area contributed by atoms with E-state index in [0.29, 0.717) is 0 Å². The minimum Gasteiger partial charge on any atom is -0.381 e. The van der Waals surface area contributed by atoms with Gasteiger partial charge in [0.15, 0.2) is 0 Å². The Hall–Kier alpha value is -1.80. The van der Waals surface area contributed by atoms with E-state index in [0.717, 1.165) is 19.0 Å². The van der Waals surface area contributed by atoms with Gasteiger partial charge in [0.1, 0.15) is 0 Å². The van der Waals surface area contributed by atoms with E-state index in [9.17, 15) is 0 Å². The maximum Gasteiger partial charge on any atom is 0.0400 e. The van der Waals surface area contributed by atoms with Crippen molar-refractivity contribution in [2.75, 3.05) is 18.4 Å². The average molecular weight is 308 g/mol. The van der Waals surface area contributed by atoms with Crippen LogP contribution in [-0.4, -0.2) is 18.0 Å². The molecule has 1 aliphatic heterocycles. The lowest BCUT2D eigenvalue weighted by molar-refractivity contribution is 0.185. The van der Waals surface area contributed by atoms with E-state index in [-0.39, 0.29) is 0 Å². The summed E-state index contributed by atoms with van der Waals surface area (Å²) in [6.07, 6.45) is 2.69. The summed E-state index contributed by atoms with van der Waals surface area (Å²) in [4.78, 5) is 2.58. The fourth-order valence-corrected chi connectivity index (χ4v) is 3.12. The predicted molar refractivity (Wildman–Crippen MR) is 98.6 cm³/mol. The lowest BCUT2D eigenvalue weighted by Crippen LogP contribution is -2.32. The van der Waals surface area contributed by atoms with Crippen LogP contribution < -0.4 is 5.32 Å². The number of nitrogens with one attached hydrogen (secondary N) is 1. The molecule has 2 aromatic carbocycles. The fraction of sp³-hybridized carbons (Fsp3) is 0.429. The van der Waals surface area contributed by atoms with Crippen LogP contribution in [0.4, 0.5) is 5.69 Å². The lowest BCUT2D eigenvalue weighted by atomic mass is 9.99. The van der Waals surface area contributed by atoms with Crippen molar-refractivity contribution in [3.63, 3.8) is 0 Å². The molecule has 0 saturated carbocycles. The fourth-order valence-electron chi connectivity index (χ4n) is 3.12. The summed E-state index contributed by atoms with van der Waals surface area (Å²) < 4.78 is 0. The van der Waals surface area contributed by atoms with Crippen LogP contribution >= 0.6 is 0 Å². The van der Waals surface area contributed by atoms with Crippen molar-refractivity contribution in [3.05, 3.63) is 65.2 Å². The van der Waals surface area contributed by atoms with E-state index >= 15 is 0 Å². The Morgan fingerprint density at radius 2 is 1.52 bits per heavy atom. The molecule has 1 saturated heterocycles. The van der Waals surface area contributed by atoms with E-state index in [4.69, 9.17) is 0 Å². The summed E-state index contributed by atoms with van der Waals surface area (Å²) in [5.74, 6) is 0.902. The summed E-state index contributed by atoms with van der Waals surface area (Å²) in [5.41, 5.74) is 5.24. The molecule has 0 atom stereocenters. The molecular weight excluding hydrogens is 280 g/mol. The Bertz CT molecular complexity index is 593. The molecule has 0 aromatic heterocycles. The number of rotatable bonds is 5. The van der Waals surface area contributed by atoms with Gasteiger partial charge in [0.05, 0.1) is 0 Å². The minimum atomic E-state index is 0.879. The largest absolute Gasteiger partial charge is 0.381 e. The van der Waals surface area contributed by atoms with Crippen LogP contribution in [0.15, 0.2) is 48.5 Å². The molecule has 3 rings (SSSR count). The Labute approximate surface area is 140 Å². The van der Waals surface area contributed by atoms with Crippen molar-refractivity contribution < 1.29 is 0 Å². The van der Waals surface area contributed by atoms with Crippen LogP contribution in [0.1, 0.15) is 36.5 Å². The van der Waals surface area contributed by atoms with Gasteiger partial charge in [-0.15, -0.1) is 0 Å².